The molecule has 0 unspecified atom stereocenters. The van der Waals surface area contributed by atoms with E-state index in [2.05, 4.69) is 16.0 Å². The van der Waals surface area contributed by atoms with Crippen molar-refractivity contribution in [1.29, 1.82) is 0 Å². The van der Waals surface area contributed by atoms with Gasteiger partial charge in [0.15, 0.2) is 0 Å². The minimum absolute atomic E-state index is 0.0316. The van der Waals surface area contributed by atoms with E-state index in [0.29, 0.717) is 24.2 Å². The number of carbonyl (C=O) groups excluding carboxylic acids is 2. The molecule has 0 aliphatic rings. The van der Waals surface area contributed by atoms with Gasteiger partial charge in [-0.25, -0.2) is 0 Å². The van der Waals surface area contributed by atoms with Gasteiger partial charge in [0.1, 0.15) is 11.7 Å². The number of benzene rings is 3. The number of nitro benzene ring substituents is 1. The Morgan fingerprint density at radius 1 is 0.844 bits per heavy atom. The molecule has 3 aromatic rings. The van der Waals surface area contributed by atoms with E-state index in [-0.39, 0.29) is 24.0 Å². The van der Waals surface area contributed by atoms with Crippen LogP contribution in [-0.2, 0) is 11.2 Å². The van der Waals surface area contributed by atoms with Gasteiger partial charge in [-0.3, -0.25) is 19.7 Å². The minimum Gasteiger partial charge on any atom is -0.378 e. The van der Waals surface area contributed by atoms with Gasteiger partial charge in [-0.05, 0) is 23.8 Å². The van der Waals surface area contributed by atoms with E-state index >= 15 is 0 Å². The molecule has 0 saturated heterocycles. The second kappa shape index (κ2) is 11.3. The van der Waals surface area contributed by atoms with Crippen molar-refractivity contribution in [2.24, 2.45) is 0 Å². The van der Waals surface area contributed by atoms with Crippen LogP contribution in [0.2, 0.25) is 0 Å². The molecule has 0 aromatic heterocycles. The Kier molecular flexibility index (Phi) is 7.91. The summed E-state index contributed by atoms with van der Waals surface area (Å²) in [7, 11) is 0. The van der Waals surface area contributed by atoms with Gasteiger partial charge in [0, 0.05) is 31.1 Å². The lowest BCUT2D eigenvalue weighted by atomic mass is 10.0. The topological polar surface area (TPSA) is 113 Å². The molecule has 0 bridgehead atoms. The molecule has 8 nitrogen and oxygen atoms in total. The lowest BCUT2D eigenvalue weighted by Crippen LogP contribution is -2.48. The molecule has 0 spiro atoms. The highest BCUT2D eigenvalue weighted by atomic mass is 16.6. The number of hydrogen-bond donors (Lipinski definition) is 3. The Morgan fingerprint density at radius 3 is 2.16 bits per heavy atom. The van der Waals surface area contributed by atoms with Gasteiger partial charge in [-0.15, -0.1) is 0 Å². The average Bonchev–Trinajstić information content (AvgIpc) is 2.82. The number of nitro groups is 1. The Bertz CT molecular complexity index is 1060. The molecule has 8 heteroatoms. The molecule has 0 aliphatic heterocycles. The van der Waals surface area contributed by atoms with E-state index in [0.717, 1.165) is 5.56 Å². The molecule has 32 heavy (non-hydrogen) atoms. The number of nitrogens with one attached hydrogen (secondary N) is 3. The van der Waals surface area contributed by atoms with Crippen LogP contribution in [0.3, 0.4) is 0 Å². The number of hydrogen-bond acceptors (Lipinski definition) is 5. The molecule has 164 valence electrons. The zero-order valence-corrected chi connectivity index (χ0v) is 17.4. The van der Waals surface area contributed by atoms with Crippen LogP contribution in [0.25, 0.3) is 0 Å². The number of nitrogens with zero attached hydrogens (tertiary/aromatic N) is 1. The molecular formula is C24H24N4O4. The van der Waals surface area contributed by atoms with Crippen molar-refractivity contribution >= 4 is 23.2 Å². The Morgan fingerprint density at radius 2 is 1.47 bits per heavy atom. The van der Waals surface area contributed by atoms with E-state index in [1.54, 1.807) is 42.5 Å². The van der Waals surface area contributed by atoms with Crippen molar-refractivity contribution in [3.8, 4) is 0 Å². The van der Waals surface area contributed by atoms with Gasteiger partial charge in [-0.1, -0.05) is 60.7 Å². The Balaban J connectivity index is 1.60. The summed E-state index contributed by atoms with van der Waals surface area (Å²) in [6.45, 7) is 0.526. The summed E-state index contributed by atoms with van der Waals surface area (Å²) in [5.74, 6) is -0.665. The summed E-state index contributed by atoms with van der Waals surface area (Å²) in [6.07, 6.45) is 0.336. The number of rotatable bonds is 10. The van der Waals surface area contributed by atoms with E-state index in [1.807, 2.05) is 36.4 Å². The van der Waals surface area contributed by atoms with Crippen molar-refractivity contribution in [2.75, 3.05) is 18.4 Å². The molecule has 0 fully saturated rings. The van der Waals surface area contributed by atoms with Gasteiger partial charge < -0.3 is 16.0 Å². The van der Waals surface area contributed by atoms with E-state index in [9.17, 15) is 19.7 Å². The predicted molar refractivity (Wildman–Crippen MR) is 122 cm³/mol. The standard InChI is InChI=1S/C24H24N4O4/c29-23(19-11-5-2-6-12-19)27-21(17-18-9-3-1-4-10-18)24(30)26-16-15-25-20-13-7-8-14-22(20)28(31)32/h1-14,21,25H,15-17H2,(H,26,30)(H,27,29)/t21-/m1/s1. The SMILES string of the molecule is O=C(N[C@H](Cc1ccccc1)C(=O)NCCNc1ccccc1[N+](=O)[O-])c1ccccc1. The van der Waals surface area contributed by atoms with E-state index < -0.39 is 11.0 Å². The summed E-state index contributed by atoms with van der Waals surface area (Å²) < 4.78 is 0. The summed E-state index contributed by atoms with van der Waals surface area (Å²) in [5.41, 5.74) is 1.73. The number of carbonyl (C=O) groups is 2. The van der Waals surface area contributed by atoms with Gasteiger partial charge in [0.25, 0.3) is 11.6 Å². The van der Waals surface area contributed by atoms with Crippen LogP contribution in [0.1, 0.15) is 15.9 Å². The third kappa shape index (κ3) is 6.40. The maximum Gasteiger partial charge on any atom is 0.292 e. The molecular weight excluding hydrogens is 408 g/mol. The fraction of sp³-hybridized carbons (Fsp3) is 0.167. The fourth-order valence-corrected chi connectivity index (χ4v) is 3.18. The molecule has 0 aliphatic carbocycles. The fourth-order valence-electron chi connectivity index (χ4n) is 3.18. The zero-order valence-electron chi connectivity index (χ0n) is 17.4. The first-order valence-electron chi connectivity index (χ1n) is 10.2. The molecule has 3 N–H and O–H groups in total. The van der Waals surface area contributed by atoms with Crippen LogP contribution in [0.4, 0.5) is 11.4 Å². The molecule has 0 saturated carbocycles. The third-order valence-corrected chi connectivity index (χ3v) is 4.78. The zero-order chi connectivity index (χ0) is 22.8. The first-order chi connectivity index (χ1) is 15.5. The summed E-state index contributed by atoms with van der Waals surface area (Å²) in [5, 5.41) is 19.7. The Hall–Kier alpha value is -4.20. The van der Waals surface area contributed by atoms with Crippen molar-refractivity contribution in [1.82, 2.24) is 10.6 Å². The highest BCUT2D eigenvalue weighted by molar-refractivity contribution is 5.97. The summed E-state index contributed by atoms with van der Waals surface area (Å²) >= 11 is 0. The highest BCUT2D eigenvalue weighted by Crippen LogP contribution is 2.22. The normalized spacial score (nSPS) is 11.2. The molecule has 3 aromatic carbocycles. The van der Waals surface area contributed by atoms with Crippen LogP contribution < -0.4 is 16.0 Å². The van der Waals surface area contributed by atoms with Crippen LogP contribution >= 0.6 is 0 Å². The smallest absolute Gasteiger partial charge is 0.292 e. The lowest BCUT2D eigenvalue weighted by molar-refractivity contribution is -0.384. The second-order valence-electron chi connectivity index (χ2n) is 7.07. The van der Waals surface area contributed by atoms with Crippen LogP contribution in [0.5, 0.6) is 0 Å². The van der Waals surface area contributed by atoms with Crippen LogP contribution in [0, 0.1) is 10.1 Å². The maximum absolute atomic E-state index is 12.8. The van der Waals surface area contributed by atoms with Gasteiger partial charge >= 0.3 is 0 Å². The van der Waals surface area contributed by atoms with Gasteiger partial charge in [0.2, 0.25) is 5.91 Å². The first kappa shape index (κ1) is 22.5. The lowest BCUT2D eigenvalue weighted by Gasteiger charge is -2.19. The maximum atomic E-state index is 12.8. The minimum atomic E-state index is -0.767. The van der Waals surface area contributed by atoms with Crippen molar-refractivity contribution in [2.45, 2.75) is 12.5 Å². The van der Waals surface area contributed by atoms with Crippen molar-refractivity contribution < 1.29 is 14.5 Å². The average molecular weight is 432 g/mol. The van der Waals surface area contributed by atoms with Crippen LogP contribution in [0.15, 0.2) is 84.9 Å². The second-order valence-corrected chi connectivity index (χ2v) is 7.07. The first-order valence-corrected chi connectivity index (χ1v) is 10.2. The number of amides is 2. The predicted octanol–water partition coefficient (Wildman–Crippen LogP) is 3.16. The molecule has 0 heterocycles. The van der Waals surface area contributed by atoms with Gasteiger partial charge in [-0.2, -0.15) is 0 Å². The monoisotopic (exact) mass is 432 g/mol. The Labute approximate surface area is 185 Å². The molecule has 0 radical (unpaired) electrons. The van der Waals surface area contributed by atoms with Crippen LogP contribution in [-0.4, -0.2) is 35.9 Å². The molecule has 3 rings (SSSR count). The third-order valence-electron chi connectivity index (χ3n) is 4.78. The largest absolute Gasteiger partial charge is 0.378 e. The number of para-hydroxylation sites is 2. The summed E-state index contributed by atoms with van der Waals surface area (Å²) in [6, 6.07) is 23.7. The van der Waals surface area contributed by atoms with Crippen molar-refractivity contribution in [3.63, 3.8) is 0 Å². The quantitative estimate of drug-likeness (QED) is 0.259. The molecule has 1 atom stereocenters. The van der Waals surface area contributed by atoms with E-state index in [1.165, 1.54) is 6.07 Å². The van der Waals surface area contributed by atoms with Gasteiger partial charge in [0.05, 0.1) is 4.92 Å². The highest BCUT2D eigenvalue weighted by Gasteiger charge is 2.21. The van der Waals surface area contributed by atoms with E-state index in [4.69, 9.17) is 0 Å². The number of anilines is 1. The summed E-state index contributed by atoms with van der Waals surface area (Å²) in [4.78, 5) is 36.1. The van der Waals surface area contributed by atoms with Crippen molar-refractivity contribution in [3.05, 3.63) is 106 Å². The molecule has 2 amide bonds.